The van der Waals surface area contributed by atoms with Gasteiger partial charge in [0.2, 0.25) is 21.8 Å². The van der Waals surface area contributed by atoms with Crippen LogP contribution in [0.5, 0.6) is 0 Å². The third kappa shape index (κ3) is 6.23. The van der Waals surface area contributed by atoms with Gasteiger partial charge in [-0.15, -0.1) is 0 Å². The number of nitrogens with two attached hydrogens (primary N) is 1. The van der Waals surface area contributed by atoms with Crippen molar-refractivity contribution in [3.63, 3.8) is 0 Å². The minimum absolute atomic E-state index is 0.0643. The smallest absolute Gasteiger partial charge is 0.239 e. The maximum Gasteiger partial charge on any atom is 0.239 e. The highest BCUT2D eigenvalue weighted by Crippen LogP contribution is 2.15. The third-order valence-corrected chi connectivity index (χ3v) is 5.88. The number of sulfonamides is 1. The van der Waals surface area contributed by atoms with E-state index in [0.29, 0.717) is 26.2 Å². The molecule has 2 amide bonds. The predicted molar refractivity (Wildman–Crippen MR) is 95.3 cm³/mol. The van der Waals surface area contributed by atoms with E-state index in [-0.39, 0.29) is 36.5 Å². The van der Waals surface area contributed by atoms with Crippen LogP contribution >= 0.6 is 0 Å². The molecule has 0 aromatic rings. The molecule has 0 saturated carbocycles. The number of nitrogens with zero attached hydrogens (tertiary/aromatic N) is 3. The van der Waals surface area contributed by atoms with Crippen LogP contribution in [0.2, 0.25) is 0 Å². The van der Waals surface area contributed by atoms with Crippen LogP contribution in [0.3, 0.4) is 0 Å². The zero-order chi connectivity index (χ0) is 18.4. The average molecular weight is 375 g/mol. The van der Waals surface area contributed by atoms with Crippen LogP contribution in [0, 0.1) is 0 Å². The van der Waals surface area contributed by atoms with E-state index in [0.717, 1.165) is 32.4 Å². The number of primary sulfonamides is 1. The molecule has 2 saturated heterocycles. The summed E-state index contributed by atoms with van der Waals surface area (Å²) in [6, 6.07) is -0.0977. The van der Waals surface area contributed by atoms with E-state index < -0.39 is 10.0 Å². The Kier molecular flexibility index (Phi) is 7.21. The van der Waals surface area contributed by atoms with E-state index in [4.69, 9.17) is 5.14 Å². The lowest BCUT2D eigenvalue weighted by Crippen LogP contribution is -2.47. The molecular formula is C16H30N4O4S. The summed E-state index contributed by atoms with van der Waals surface area (Å²) in [6.45, 7) is 6.25. The molecule has 9 heteroatoms. The molecule has 144 valence electrons. The Morgan fingerprint density at radius 1 is 0.960 bits per heavy atom. The first-order valence-electron chi connectivity index (χ1n) is 9.09. The Labute approximate surface area is 150 Å². The molecular weight excluding hydrogens is 344 g/mol. The maximum absolute atomic E-state index is 12.7. The van der Waals surface area contributed by atoms with Crippen molar-refractivity contribution in [1.82, 2.24) is 14.7 Å². The topological polar surface area (TPSA) is 104 Å². The number of hydrogen-bond donors (Lipinski definition) is 1. The number of amides is 2. The molecule has 1 atom stereocenters. The fourth-order valence-corrected chi connectivity index (χ4v) is 4.07. The van der Waals surface area contributed by atoms with E-state index >= 15 is 0 Å². The number of likely N-dealkylation sites (tertiary alicyclic amines) is 1. The number of rotatable bonds is 6. The van der Waals surface area contributed by atoms with E-state index in [9.17, 15) is 18.0 Å². The van der Waals surface area contributed by atoms with Crippen molar-refractivity contribution in [2.45, 2.75) is 45.1 Å². The van der Waals surface area contributed by atoms with E-state index in [1.165, 1.54) is 0 Å². The zero-order valence-electron chi connectivity index (χ0n) is 15.0. The summed E-state index contributed by atoms with van der Waals surface area (Å²) < 4.78 is 21.9. The number of carbonyl (C=O) groups is 2. The molecule has 2 aliphatic rings. The van der Waals surface area contributed by atoms with Gasteiger partial charge in [0.15, 0.2) is 0 Å². The molecule has 8 nitrogen and oxygen atoms in total. The highest BCUT2D eigenvalue weighted by Gasteiger charge is 2.29. The summed E-state index contributed by atoms with van der Waals surface area (Å²) in [6.07, 6.45) is 3.47. The first-order valence-corrected chi connectivity index (χ1v) is 10.8. The van der Waals surface area contributed by atoms with Crippen LogP contribution in [-0.4, -0.2) is 86.0 Å². The van der Waals surface area contributed by atoms with Crippen LogP contribution in [0.25, 0.3) is 0 Å². The maximum atomic E-state index is 12.7. The van der Waals surface area contributed by atoms with Crippen LogP contribution < -0.4 is 5.14 Å². The Bertz CT molecular complexity index is 575. The van der Waals surface area contributed by atoms with Crippen molar-refractivity contribution < 1.29 is 18.0 Å². The summed E-state index contributed by atoms with van der Waals surface area (Å²) in [5.74, 6) is -0.0965. The Hall–Kier alpha value is -1.19. The molecule has 0 aromatic heterocycles. The largest absolute Gasteiger partial charge is 0.341 e. The Balaban J connectivity index is 1.80. The van der Waals surface area contributed by atoms with Gasteiger partial charge in [0.1, 0.15) is 0 Å². The quantitative estimate of drug-likeness (QED) is 0.681. The molecule has 0 aromatic carbocycles. The van der Waals surface area contributed by atoms with Gasteiger partial charge in [-0.3, -0.25) is 14.5 Å². The molecule has 25 heavy (non-hydrogen) atoms. The molecule has 2 N–H and O–H groups in total. The third-order valence-electron chi connectivity index (χ3n) is 5.03. The highest BCUT2D eigenvalue weighted by molar-refractivity contribution is 7.89. The molecule has 2 aliphatic heterocycles. The van der Waals surface area contributed by atoms with Crippen LogP contribution in [0.1, 0.15) is 39.0 Å². The van der Waals surface area contributed by atoms with Crippen molar-refractivity contribution in [3.05, 3.63) is 0 Å². The highest BCUT2D eigenvalue weighted by atomic mass is 32.2. The summed E-state index contributed by atoms with van der Waals surface area (Å²) >= 11 is 0. The molecule has 2 fully saturated rings. The fraction of sp³-hybridized carbons (Fsp3) is 0.875. The first kappa shape index (κ1) is 20.1. The van der Waals surface area contributed by atoms with Gasteiger partial charge < -0.3 is 9.80 Å². The monoisotopic (exact) mass is 374 g/mol. The molecule has 2 heterocycles. The van der Waals surface area contributed by atoms with E-state index in [1.807, 2.05) is 11.8 Å². The van der Waals surface area contributed by atoms with Crippen molar-refractivity contribution in [2.24, 2.45) is 5.14 Å². The SMILES string of the molecule is CC(C(=O)N1CCCN(C(=O)CCCS(N)(=O)=O)CC1)N1CCCC1. The van der Waals surface area contributed by atoms with Crippen molar-refractivity contribution >= 4 is 21.8 Å². The van der Waals surface area contributed by atoms with Crippen molar-refractivity contribution in [2.75, 3.05) is 45.0 Å². The first-order chi connectivity index (χ1) is 11.8. The van der Waals surface area contributed by atoms with Gasteiger partial charge in [0.05, 0.1) is 11.8 Å². The van der Waals surface area contributed by atoms with E-state index in [1.54, 1.807) is 4.90 Å². The number of carbonyl (C=O) groups excluding carboxylic acids is 2. The summed E-state index contributed by atoms with van der Waals surface area (Å²) in [7, 11) is -3.52. The molecule has 0 radical (unpaired) electrons. The fourth-order valence-electron chi connectivity index (χ4n) is 3.52. The second kappa shape index (κ2) is 8.95. The van der Waals surface area contributed by atoms with Crippen molar-refractivity contribution in [1.29, 1.82) is 0 Å². The van der Waals surface area contributed by atoms with Crippen molar-refractivity contribution in [3.8, 4) is 0 Å². The molecule has 0 bridgehead atoms. The molecule has 2 rings (SSSR count). The van der Waals surface area contributed by atoms with Gasteiger partial charge in [-0.25, -0.2) is 13.6 Å². The lowest BCUT2D eigenvalue weighted by Gasteiger charge is -2.29. The Morgan fingerprint density at radius 2 is 1.56 bits per heavy atom. The summed E-state index contributed by atoms with van der Waals surface area (Å²) in [4.78, 5) is 30.8. The number of hydrogen-bond acceptors (Lipinski definition) is 5. The van der Waals surface area contributed by atoms with Gasteiger partial charge >= 0.3 is 0 Å². The lowest BCUT2D eigenvalue weighted by atomic mass is 10.2. The standard InChI is InChI=1S/C16H30N4O4S/c1-14(18-7-2-3-8-18)16(22)20-10-5-9-19(11-12-20)15(21)6-4-13-25(17,23)24/h14H,2-13H2,1H3,(H2,17,23,24). The van der Waals surface area contributed by atoms with Gasteiger partial charge in [-0.1, -0.05) is 0 Å². The normalized spacial score (nSPS) is 21.2. The zero-order valence-corrected chi connectivity index (χ0v) is 15.8. The second-order valence-corrected chi connectivity index (χ2v) is 8.68. The van der Waals surface area contributed by atoms with Gasteiger partial charge in [-0.05, 0) is 45.7 Å². The molecule has 0 aliphatic carbocycles. The van der Waals surface area contributed by atoms with Gasteiger partial charge in [0.25, 0.3) is 0 Å². The second-order valence-electron chi connectivity index (χ2n) is 6.95. The average Bonchev–Trinajstić information content (AvgIpc) is 2.96. The summed E-state index contributed by atoms with van der Waals surface area (Å²) in [5, 5.41) is 4.96. The predicted octanol–water partition coefficient (Wildman–Crippen LogP) is -0.400. The molecule has 0 spiro atoms. The Morgan fingerprint density at radius 3 is 2.20 bits per heavy atom. The van der Waals surface area contributed by atoms with Crippen LogP contribution in [-0.2, 0) is 19.6 Å². The summed E-state index contributed by atoms with van der Waals surface area (Å²) in [5.41, 5.74) is 0. The lowest BCUT2D eigenvalue weighted by molar-refractivity contribution is -0.137. The van der Waals surface area contributed by atoms with E-state index in [2.05, 4.69) is 4.90 Å². The minimum atomic E-state index is -3.52. The van der Waals surface area contributed by atoms with Crippen LogP contribution in [0.15, 0.2) is 0 Å². The minimum Gasteiger partial charge on any atom is -0.341 e. The molecule has 1 unspecified atom stereocenters. The van der Waals surface area contributed by atoms with Crippen LogP contribution in [0.4, 0.5) is 0 Å². The van der Waals surface area contributed by atoms with Gasteiger partial charge in [0, 0.05) is 32.6 Å². The van der Waals surface area contributed by atoms with Gasteiger partial charge in [-0.2, -0.15) is 0 Å².